The van der Waals surface area contributed by atoms with E-state index in [1.165, 1.54) is 5.56 Å². The second-order valence-electron chi connectivity index (χ2n) is 8.93. The van der Waals surface area contributed by atoms with Crippen molar-refractivity contribution in [2.24, 2.45) is 0 Å². The van der Waals surface area contributed by atoms with Crippen LogP contribution in [0.4, 0.5) is 0 Å². The lowest BCUT2D eigenvalue weighted by atomic mass is 10.1. The summed E-state index contributed by atoms with van der Waals surface area (Å²) in [5, 5.41) is 2.63. The Balaban J connectivity index is 1.35. The zero-order valence-electron chi connectivity index (χ0n) is 20.1. The summed E-state index contributed by atoms with van der Waals surface area (Å²) < 4.78 is 11.8. The number of pyridine rings is 1. The van der Waals surface area contributed by atoms with E-state index >= 15 is 0 Å². The highest BCUT2D eigenvalue weighted by Crippen LogP contribution is 2.26. The van der Waals surface area contributed by atoms with Gasteiger partial charge in [0, 0.05) is 48.3 Å². The van der Waals surface area contributed by atoms with E-state index in [1.54, 1.807) is 11.2 Å². The standard InChI is InChI=1S/C27H34N4O4/c32-15-7-13-27(34-16-17-35-27)21-31(29-20-24-18-23-19-28-14-12-25(23)30-24)26(33)11-6-2-5-10-22-8-3-1-4-9-22/h1,3-4,8-9,12,14-15,18-19,29-30H,2,5-7,10-11,13,16-17,20-21H2. The molecule has 1 fully saturated rings. The Morgan fingerprint density at radius 1 is 1.14 bits per heavy atom. The highest BCUT2D eigenvalue weighted by Gasteiger charge is 2.39. The van der Waals surface area contributed by atoms with Crippen LogP contribution in [-0.2, 0) is 32.0 Å². The van der Waals surface area contributed by atoms with Gasteiger partial charge in [-0.3, -0.25) is 14.8 Å². The van der Waals surface area contributed by atoms with Gasteiger partial charge in [-0.05, 0) is 37.0 Å². The maximum absolute atomic E-state index is 13.2. The van der Waals surface area contributed by atoms with Gasteiger partial charge in [-0.2, -0.15) is 0 Å². The number of carbonyl (C=O) groups is 2. The zero-order chi connectivity index (χ0) is 24.3. The predicted octanol–water partition coefficient (Wildman–Crippen LogP) is 3.92. The Morgan fingerprint density at radius 3 is 2.74 bits per heavy atom. The summed E-state index contributed by atoms with van der Waals surface area (Å²) >= 11 is 0. The molecule has 186 valence electrons. The van der Waals surface area contributed by atoms with E-state index in [4.69, 9.17) is 9.47 Å². The third kappa shape index (κ3) is 7.21. The second kappa shape index (κ2) is 12.6. The maximum Gasteiger partial charge on any atom is 0.236 e. The Morgan fingerprint density at radius 2 is 1.97 bits per heavy atom. The van der Waals surface area contributed by atoms with Gasteiger partial charge in [-0.15, -0.1) is 0 Å². The van der Waals surface area contributed by atoms with Crippen LogP contribution in [0, 0.1) is 0 Å². The fourth-order valence-electron chi connectivity index (χ4n) is 4.43. The molecule has 3 aromatic rings. The molecule has 0 saturated carbocycles. The third-order valence-corrected chi connectivity index (χ3v) is 6.29. The van der Waals surface area contributed by atoms with Crippen LogP contribution in [0.25, 0.3) is 10.9 Å². The van der Waals surface area contributed by atoms with Crippen LogP contribution >= 0.6 is 0 Å². The lowest BCUT2D eigenvalue weighted by Crippen LogP contribution is -2.52. The van der Waals surface area contributed by atoms with Crippen LogP contribution < -0.4 is 5.43 Å². The number of aldehydes is 1. The summed E-state index contributed by atoms with van der Waals surface area (Å²) in [6.45, 7) is 1.58. The molecular formula is C27H34N4O4. The molecule has 0 aliphatic carbocycles. The molecule has 0 bridgehead atoms. The van der Waals surface area contributed by atoms with Crippen molar-refractivity contribution < 1.29 is 19.1 Å². The van der Waals surface area contributed by atoms with Crippen LogP contribution in [-0.4, -0.2) is 52.7 Å². The molecule has 0 spiro atoms. The molecule has 0 unspecified atom stereocenters. The Bertz CT molecular complexity index is 1050. The zero-order valence-corrected chi connectivity index (χ0v) is 20.1. The molecule has 2 aromatic heterocycles. The number of fused-ring (bicyclic) bond motifs is 1. The SMILES string of the molecule is O=CCCC1(CN(NCc2cc3cnccc3[nH]2)C(=O)CCCCCc2ccccc2)OCCO1. The number of hydrogen-bond donors (Lipinski definition) is 2. The minimum Gasteiger partial charge on any atom is -0.357 e. The van der Waals surface area contributed by atoms with Crippen LogP contribution in [0.3, 0.4) is 0 Å². The van der Waals surface area contributed by atoms with Crippen molar-refractivity contribution in [1.29, 1.82) is 0 Å². The number of aromatic nitrogens is 2. The number of carbonyl (C=O) groups excluding carboxylic acids is 2. The van der Waals surface area contributed by atoms with E-state index in [0.717, 1.165) is 48.6 Å². The van der Waals surface area contributed by atoms with Crippen molar-refractivity contribution in [3.05, 3.63) is 66.1 Å². The molecule has 3 heterocycles. The molecule has 1 aliphatic heterocycles. The molecule has 1 aliphatic rings. The van der Waals surface area contributed by atoms with Crippen molar-refractivity contribution in [3.8, 4) is 0 Å². The van der Waals surface area contributed by atoms with Crippen LogP contribution in [0.15, 0.2) is 54.9 Å². The summed E-state index contributed by atoms with van der Waals surface area (Å²) in [6.07, 6.45) is 9.43. The van der Waals surface area contributed by atoms with Gasteiger partial charge in [0.1, 0.15) is 6.29 Å². The van der Waals surface area contributed by atoms with Crippen molar-refractivity contribution in [3.63, 3.8) is 0 Å². The van der Waals surface area contributed by atoms with Crippen molar-refractivity contribution in [2.45, 2.75) is 57.3 Å². The van der Waals surface area contributed by atoms with E-state index in [-0.39, 0.29) is 12.5 Å². The Kier molecular flexibility index (Phi) is 9.00. The largest absolute Gasteiger partial charge is 0.357 e. The molecule has 1 amide bonds. The minimum absolute atomic E-state index is 0.00735. The number of ether oxygens (including phenoxy) is 2. The number of rotatable bonds is 14. The second-order valence-corrected chi connectivity index (χ2v) is 8.93. The van der Waals surface area contributed by atoms with E-state index in [2.05, 4.69) is 39.7 Å². The topological polar surface area (TPSA) is 96.6 Å². The first-order valence-electron chi connectivity index (χ1n) is 12.4. The minimum atomic E-state index is -0.957. The first-order chi connectivity index (χ1) is 17.2. The number of H-pyrrole nitrogens is 1. The smallest absolute Gasteiger partial charge is 0.236 e. The Labute approximate surface area is 206 Å². The van der Waals surface area contributed by atoms with Gasteiger partial charge in [0.05, 0.1) is 26.3 Å². The number of benzene rings is 1. The van der Waals surface area contributed by atoms with Gasteiger partial charge >= 0.3 is 0 Å². The van der Waals surface area contributed by atoms with Crippen LogP contribution in [0.1, 0.15) is 49.8 Å². The highest BCUT2D eigenvalue weighted by atomic mass is 16.7. The number of nitrogens with zero attached hydrogens (tertiary/aromatic N) is 2. The van der Waals surface area contributed by atoms with E-state index in [9.17, 15) is 9.59 Å². The van der Waals surface area contributed by atoms with Gasteiger partial charge in [0.15, 0.2) is 5.79 Å². The fraction of sp³-hybridized carbons (Fsp3) is 0.444. The third-order valence-electron chi connectivity index (χ3n) is 6.29. The molecule has 8 nitrogen and oxygen atoms in total. The number of nitrogens with one attached hydrogen (secondary N) is 2. The Hall–Kier alpha value is -3.07. The molecule has 2 N–H and O–H groups in total. The number of aromatic amines is 1. The monoisotopic (exact) mass is 478 g/mol. The summed E-state index contributed by atoms with van der Waals surface area (Å²) in [5.41, 5.74) is 6.54. The molecule has 8 heteroatoms. The summed E-state index contributed by atoms with van der Waals surface area (Å²) in [4.78, 5) is 31.8. The van der Waals surface area contributed by atoms with Crippen LogP contribution in [0.5, 0.6) is 0 Å². The molecular weight excluding hydrogens is 444 g/mol. The molecule has 1 saturated heterocycles. The molecule has 4 rings (SSSR count). The highest BCUT2D eigenvalue weighted by molar-refractivity contribution is 5.79. The van der Waals surface area contributed by atoms with E-state index in [1.807, 2.05) is 24.4 Å². The normalized spacial score (nSPS) is 14.9. The van der Waals surface area contributed by atoms with Crippen molar-refractivity contribution in [2.75, 3.05) is 19.8 Å². The number of unbranched alkanes of at least 4 members (excludes halogenated alkanes) is 2. The summed E-state index contributed by atoms with van der Waals surface area (Å²) in [7, 11) is 0. The first-order valence-corrected chi connectivity index (χ1v) is 12.4. The van der Waals surface area contributed by atoms with Gasteiger partial charge in [-0.25, -0.2) is 5.43 Å². The lowest BCUT2D eigenvalue weighted by molar-refractivity contribution is -0.186. The van der Waals surface area contributed by atoms with Crippen molar-refractivity contribution in [1.82, 2.24) is 20.4 Å². The number of amides is 1. The summed E-state index contributed by atoms with van der Waals surface area (Å²) in [6, 6.07) is 14.3. The number of aryl methyl sites for hydroxylation is 1. The van der Waals surface area contributed by atoms with E-state index in [0.29, 0.717) is 39.0 Å². The first kappa shape index (κ1) is 25.0. The van der Waals surface area contributed by atoms with Gasteiger partial charge < -0.3 is 19.3 Å². The quantitative estimate of drug-likeness (QED) is 0.207. The molecule has 35 heavy (non-hydrogen) atoms. The fourth-order valence-corrected chi connectivity index (χ4v) is 4.43. The van der Waals surface area contributed by atoms with Gasteiger partial charge in [-0.1, -0.05) is 36.8 Å². The maximum atomic E-state index is 13.2. The number of hydrogen-bond acceptors (Lipinski definition) is 6. The lowest BCUT2D eigenvalue weighted by Gasteiger charge is -2.34. The van der Waals surface area contributed by atoms with Gasteiger partial charge in [0.25, 0.3) is 0 Å². The molecule has 0 atom stereocenters. The average molecular weight is 479 g/mol. The van der Waals surface area contributed by atoms with Crippen LogP contribution in [0.2, 0.25) is 0 Å². The van der Waals surface area contributed by atoms with Crippen molar-refractivity contribution >= 4 is 23.1 Å². The predicted molar refractivity (Wildman–Crippen MR) is 133 cm³/mol. The molecule has 0 radical (unpaired) electrons. The van der Waals surface area contributed by atoms with Gasteiger partial charge in [0.2, 0.25) is 5.91 Å². The molecule has 1 aromatic carbocycles. The van der Waals surface area contributed by atoms with E-state index < -0.39 is 5.79 Å². The average Bonchev–Trinajstić information content (AvgIpc) is 3.52. The number of hydrazine groups is 1. The summed E-state index contributed by atoms with van der Waals surface area (Å²) in [5.74, 6) is -0.964.